The van der Waals surface area contributed by atoms with Crippen molar-refractivity contribution in [2.24, 2.45) is 7.05 Å². The number of aryl methyl sites for hydroxylation is 1. The number of urea groups is 1. The molecule has 0 radical (unpaired) electrons. The lowest BCUT2D eigenvalue weighted by molar-refractivity contribution is -0.0135. The molecule has 0 spiro atoms. The Bertz CT molecular complexity index is 742. The van der Waals surface area contributed by atoms with Gasteiger partial charge in [0.05, 0.1) is 13.2 Å². The number of anilines is 1. The van der Waals surface area contributed by atoms with Crippen LogP contribution in [0.15, 0.2) is 53.5 Å². The molecule has 1 aliphatic rings. The van der Waals surface area contributed by atoms with Gasteiger partial charge >= 0.3 is 6.03 Å². The van der Waals surface area contributed by atoms with Gasteiger partial charge in [0.15, 0.2) is 0 Å². The van der Waals surface area contributed by atoms with Gasteiger partial charge in [-0.1, -0.05) is 30.3 Å². The zero-order valence-electron chi connectivity index (χ0n) is 12.9. The van der Waals surface area contributed by atoms with Crippen LogP contribution >= 0.6 is 0 Å². The number of benzene rings is 1. The summed E-state index contributed by atoms with van der Waals surface area (Å²) < 4.78 is 7.18. The summed E-state index contributed by atoms with van der Waals surface area (Å²) in [6.45, 7) is 1.44. The molecule has 120 valence electrons. The summed E-state index contributed by atoms with van der Waals surface area (Å²) in [5, 5.41) is 2.69. The SMILES string of the molecule is Cn1cccc(NC(=O)N2CCOC(c3ccccc3)C2)c1=O. The van der Waals surface area contributed by atoms with E-state index in [4.69, 9.17) is 4.74 Å². The standard InChI is InChI=1S/C17H19N3O3/c1-19-9-5-8-14(16(19)21)18-17(22)20-10-11-23-15(12-20)13-6-3-2-4-7-13/h2-9,15H,10-12H2,1H3,(H,18,22). The van der Waals surface area contributed by atoms with Crippen molar-refractivity contribution >= 4 is 11.7 Å². The first-order valence-corrected chi connectivity index (χ1v) is 7.53. The molecule has 1 saturated heterocycles. The molecule has 0 bridgehead atoms. The summed E-state index contributed by atoms with van der Waals surface area (Å²) in [6, 6.07) is 12.9. The molecule has 1 fully saturated rings. The Morgan fingerprint density at radius 3 is 2.78 bits per heavy atom. The molecule has 6 heteroatoms. The van der Waals surface area contributed by atoms with Gasteiger partial charge in [-0.25, -0.2) is 4.79 Å². The number of amides is 2. The Morgan fingerprint density at radius 2 is 2.00 bits per heavy atom. The molecule has 1 aromatic heterocycles. The third-order valence-electron chi connectivity index (χ3n) is 3.89. The number of ether oxygens (including phenoxy) is 1. The van der Waals surface area contributed by atoms with Crippen LogP contribution in [0.2, 0.25) is 0 Å². The van der Waals surface area contributed by atoms with Crippen molar-refractivity contribution in [1.82, 2.24) is 9.47 Å². The van der Waals surface area contributed by atoms with Crippen molar-refractivity contribution < 1.29 is 9.53 Å². The van der Waals surface area contributed by atoms with Gasteiger partial charge in [0, 0.05) is 19.8 Å². The predicted octanol–water partition coefficient (Wildman–Crippen LogP) is 1.99. The molecule has 1 unspecified atom stereocenters. The van der Waals surface area contributed by atoms with Crippen LogP contribution in [0.4, 0.5) is 10.5 Å². The predicted molar refractivity (Wildman–Crippen MR) is 87.4 cm³/mol. The van der Waals surface area contributed by atoms with Crippen LogP contribution in [-0.4, -0.2) is 35.2 Å². The minimum Gasteiger partial charge on any atom is -0.370 e. The summed E-state index contributed by atoms with van der Waals surface area (Å²) in [5.41, 5.74) is 1.09. The fourth-order valence-corrected chi connectivity index (χ4v) is 2.59. The zero-order chi connectivity index (χ0) is 16.2. The molecule has 1 N–H and O–H groups in total. The van der Waals surface area contributed by atoms with E-state index in [9.17, 15) is 9.59 Å². The van der Waals surface area contributed by atoms with E-state index in [2.05, 4.69) is 5.32 Å². The summed E-state index contributed by atoms with van der Waals surface area (Å²) in [7, 11) is 1.65. The second-order valence-corrected chi connectivity index (χ2v) is 5.48. The van der Waals surface area contributed by atoms with Gasteiger partial charge in [0.2, 0.25) is 0 Å². The first-order chi connectivity index (χ1) is 11.1. The van der Waals surface area contributed by atoms with Crippen molar-refractivity contribution in [3.05, 3.63) is 64.6 Å². The van der Waals surface area contributed by atoms with Gasteiger partial charge in [-0.3, -0.25) is 4.79 Å². The van der Waals surface area contributed by atoms with Crippen LogP contribution in [0.3, 0.4) is 0 Å². The van der Waals surface area contributed by atoms with Gasteiger partial charge < -0.3 is 19.5 Å². The molecular formula is C17H19N3O3. The molecule has 2 aromatic rings. The van der Waals surface area contributed by atoms with Gasteiger partial charge in [-0.15, -0.1) is 0 Å². The molecule has 0 saturated carbocycles. The molecule has 2 amide bonds. The molecule has 1 atom stereocenters. The Hall–Kier alpha value is -2.60. The fourth-order valence-electron chi connectivity index (χ4n) is 2.59. The molecule has 1 aliphatic heterocycles. The maximum absolute atomic E-state index is 12.4. The highest BCUT2D eigenvalue weighted by atomic mass is 16.5. The van der Waals surface area contributed by atoms with Crippen molar-refractivity contribution in [2.75, 3.05) is 25.0 Å². The van der Waals surface area contributed by atoms with E-state index < -0.39 is 0 Å². The van der Waals surface area contributed by atoms with Crippen LogP contribution < -0.4 is 10.9 Å². The number of carbonyl (C=O) groups is 1. The quantitative estimate of drug-likeness (QED) is 0.922. The largest absolute Gasteiger partial charge is 0.370 e. The maximum atomic E-state index is 12.4. The summed E-state index contributed by atoms with van der Waals surface area (Å²) >= 11 is 0. The Morgan fingerprint density at radius 1 is 1.22 bits per heavy atom. The summed E-state index contributed by atoms with van der Waals surface area (Å²) in [6.07, 6.45) is 1.51. The van der Waals surface area contributed by atoms with Gasteiger partial charge in [0.25, 0.3) is 5.56 Å². The van der Waals surface area contributed by atoms with Crippen molar-refractivity contribution in [3.63, 3.8) is 0 Å². The van der Waals surface area contributed by atoms with Gasteiger partial charge in [0.1, 0.15) is 11.8 Å². The van der Waals surface area contributed by atoms with E-state index in [1.54, 1.807) is 30.3 Å². The highest BCUT2D eigenvalue weighted by molar-refractivity contribution is 5.89. The lowest BCUT2D eigenvalue weighted by atomic mass is 10.1. The topological polar surface area (TPSA) is 63.6 Å². The van der Waals surface area contributed by atoms with E-state index in [1.807, 2.05) is 30.3 Å². The molecule has 0 aliphatic carbocycles. The number of hydrogen-bond acceptors (Lipinski definition) is 3. The summed E-state index contributed by atoms with van der Waals surface area (Å²) in [5.74, 6) is 0. The van der Waals surface area contributed by atoms with Crippen LogP contribution in [0.1, 0.15) is 11.7 Å². The van der Waals surface area contributed by atoms with Crippen molar-refractivity contribution in [1.29, 1.82) is 0 Å². The van der Waals surface area contributed by atoms with Gasteiger partial charge in [-0.05, 0) is 17.7 Å². The fraction of sp³-hybridized carbons (Fsp3) is 0.294. The van der Waals surface area contributed by atoms with E-state index >= 15 is 0 Å². The molecule has 2 heterocycles. The number of morpholine rings is 1. The second kappa shape index (κ2) is 6.66. The normalized spacial score (nSPS) is 17.8. The second-order valence-electron chi connectivity index (χ2n) is 5.48. The number of nitrogens with zero attached hydrogens (tertiary/aromatic N) is 2. The Balaban J connectivity index is 1.70. The number of carbonyl (C=O) groups excluding carboxylic acids is 1. The number of pyridine rings is 1. The first-order valence-electron chi connectivity index (χ1n) is 7.53. The Labute approximate surface area is 134 Å². The lowest BCUT2D eigenvalue weighted by Crippen LogP contribution is -2.45. The highest BCUT2D eigenvalue weighted by Gasteiger charge is 2.25. The third kappa shape index (κ3) is 3.43. The first kappa shape index (κ1) is 15.3. The average Bonchev–Trinajstić information content (AvgIpc) is 2.60. The molecule has 1 aromatic carbocycles. The average molecular weight is 313 g/mol. The minimum atomic E-state index is -0.280. The number of rotatable bonds is 2. The highest BCUT2D eigenvalue weighted by Crippen LogP contribution is 2.22. The van der Waals surface area contributed by atoms with Crippen molar-refractivity contribution in [2.45, 2.75) is 6.10 Å². The molecular weight excluding hydrogens is 294 g/mol. The molecule has 6 nitrogen and oxygen atoms in total. The van der Waals surface area contributed by atoms with E-state index in [1.165, 1.54) is 4.57 Å². The van der Waals surface area contributed by atoms with Crippen LogP contribution in [0.25, 0.3) is 0 Å². The van der Waals surface area contributed by atoms with Crippen LogP contribution in [0.5, 0.6) is 0 Å². The van der Waals surface area contributed by atoms with E-state index in [-0.39, 0.29) is 23.4 Å². The molecule has 3 rings (SSSR count). The zero-order valence-corrected chi connectivity index (χ0v) is 12.9. The third-order valence-corrected chi connectivity index (χ3v) is 3.89. The van der Waals surface area contributed by atoms with Crippen molar-refractivity contribution in [3.8, 4) is 0 Å². The van der Waals surface area contributed by atoms with Gasteiger partial charge in [-0.2, -0.15) is 0 Å². The van der Waals surface area contributed by atoms with E-state index in [0.717, 1.165) is 5.56 Å². The minimum absolute atomic E-state index is 0.144. The number of aromatic nitrogens is 1. The Kier molecular flexibility index (Phi) is 4.43. The van der Waals surface area contributed by atoms with E-state index in [0.29, 0.717) is 19.7 Å². The monoisotopic (exact) mass is 313 g/mol. The lowest BCUT2D eigenvalue weighted by Gasteiger charge is -2.33. The smallest absolute Gasteiger partial charge is 0.322 e. The number of hydrogen-bond donors (Lipinski definition) is 1. The molecule has 23 heavy (non-hydrogen) atoms. The summed E-state index contributed by atoms with van der Waals surface area (Å²) in [4.78, 5) is 26.1. The van der Waals surface area contributed by atoms with Crippen LogP contribution in [0, 0.1) is 0 Å². The maximum Gasteiger partial charge on any atom is 0.322 e. The number of nitrogens with one attached hydrogen (secondary N) is 1. The van der Waals surface area contributed by atoms with Crippen LogP contribution in [-0.2, 0) is 11.8 Å².